The largest absolute Gasteiger partial charge is 0.313 e. The van der Waals surface area contributed by atoms with Crippen LogP contribution in [-0.4, -0.2) is 30.0 Å². The van der Waals surface area contributed by atoms with E-state index in [4.69, 9.17) is 4.52 Å². The Kier molecular flexibility index (Phi) is 6.11. The van der Waals surface area contributed by atoms with E-state index in [9.17, 15) is 0 Å². The molecule has 0 aromatic heterocycles. The van der Waals surface area contributed by atoms with Gasteiger partial charge in [0.05, 0.1) is 25.7 Å². The summed E-state index contributed by atoms with van der Waals surface area (Å²) < 4.78 is 6.70. The van der Waals surface area contributed by atoms with Crippen molar-refractivity contribution in [3.05, 3.63) is 0 Å². The van der Waals surface area contributed by atoms with Crippen molar-refractivity contribution in [1.29, 1.82) is 0 Å². The first-order valence-corrected chi connectivity index (χ1v) is 6.05. The molecule has 0 bridgehead atoms. The summed E-state index contributed by atoms with van der Waals surface area (Å²) in [7, 11) is 2.86. The number of hydrogen-bond acceptors (Lipinski definition) is 1. The van der Waals surface area contributed by atoms with Crippen LogP contribution < -0.4 is 0 Å². The SMILES string of the molecule is CCCOP[N+](C)(C(C)C)C(C)C. The van der Waals surface area contributed by atoms with Gasteiger partial charge in [0, 0.05) is 0 Å². The van der Waals surface area contributed by atoms with Gasteiger partial charge in [-0.1, -0.05) is 6.92 Å². The second-order valence-corrected chi connectivity index (χ2v) is 5.71. The van der Waals surface area contributed by atoms with Crippen molar-refractivity contribution in [2.75, 3.05) is 13.7 Å². The second kappa shape index (κ2) is 5.95. The van der Waals surface area contributed by atoms with E-state index in [0.29, 0.717) is 21.0 Å². The van der Waals surface area contributed by atoms with Crippen molar-refractivity contribution >= 4 is 8.96 Å². The summed E-state index contributed by atoms with van der Waals surface area (Å²) in [5.41, 5.74) is 0. The molecule has 0 saturated heterocycles. The molecule has 80 valence electrons. The number of rotatable bonds is 6. The first-order chi connectivity index (χ1) is 5.95. The van der Waals surface area contributed by atoms with Crippen LogP contribution in [0, 0.1) is 0 Å². The van der Waals surface area contributed by atoms with E-state index in [0.717, 1.165) is 17.3 Å². The highest BCUT2D eigenvalue weighted by Crippen LogP contribution is 2.34. The molecule has 13 heavy (non-hydrogen) atoms. The summed E-state index contributed by atoms with van der Waals surface area (Å²) >= 11 is 0. The lowest BCUT2D eigenvalue weighted by Gasteiger charge is -2.40. The van der Waals surface area contributed by atoms with Crippen LogP contribution in [0.3, 0.4) is 0 Å². The number of hydrogen-bond donors (Lipinski definition) is 0. The zero-order valence-electron chi connectivity index (χ0n) is 9.92. The zero-order valence-corrected chi connectivity index (χ0v) is 10.9. The minimum atomic E-state index is 0.581. The van der Waals surface area contributed by atoms with Gasteiger partial charge < -0.3 is 4.52 Å². The monoisotopic (exact) mass is 206 g/mol. The molecule has 0 aliphatic rings. The van der Waals surface area contributed by atoms with Gasteiger partial charge in [-0.2, -0.15) is 0 Å². The van der Waals surface area contributed by atoms with Crippen LogP contribution in [0.15, 0.2) is 0 Å². The topological polar surface area (TPSA) is 9.23 Å². The van der Waals surface area contributed by atoms with Crippen molar-refractivity contribution in [1.82, 2.24) is 0 Å². The molecule has 0 aliphatic carbocycles. The van der Waals surface area contributed by atoms with Crippen LogP contribution in [0.2, 0.25) is 0 Å². The predicted molar refractivity (Wildman–Crippen MR) is 61.0 cm³/mol. The fourth-order valence-corrected chi connectivity index (χ4v) is 2.09. The highest BCUT2D eigenvalue weighted by Gasteiger charge is 2.30. The fraction of sp³-hybridized carbons (Fsp3) is 1.00. The summed E-state index contributed by atoms with van der Waals surface area (Å²) in [4.78, 5) is 0. The van der Waals surface area contributed by atoms with Gasteiger partial charge >= 0.3 is 0 Å². The molecule has 0 aliphatic heterocycles. The number of nitrogens with zero attached hydrogens (tertiary/aromatic N) is 1. The van der Waals surface area contributed by atoms with Crippen LogP contribution in [0.25, 0.3) is 0 Å². The Labute approximate surface area is 85.2 Å². The molecule has 3 heteroatoms. The maximum Gasteiger partial charge on any atom is 0.238 e. The Bertz CT molecular complexity index is 129. The Morgan fingerprint density at radius 1 is 1.15 bits per heavy atom. The molecule has 0 amide bonds. The third kappa shape index (κ3) is 3.93. The third-order valence-electron chi connectivity index (χ3n) is 2.71. The minimum Gasteiger partial charge on any atom is -0.313 e. The summed E-state index contributed by atoms with van der Waals surface area (Å²) in [5, 5.41) is 0. The molecule has 0 saturated carbocycles. The molecule has 1 unspecified atom stereocenters. The van der Waals surface area contributed by atoms with Crippen LogP contribution in [0.1, 0.15) is 41.0 Å². The zero-order chi connectivity index (χ0) is 10.5. The summed E-state index contributed by atoms with van der Waals surface area (Å²) in [6.07, 6.45) is 1.11. The molecule has 1 atom stereocenters. The van der Waals surface area contributed by atoms with Gasteiger partial charge in [-0.15, -0.1) is 0 Å². The molecule has 0 heterocycles. The van der Waals surface area contributed by atoms with E-state index in [1.165, 1.54) is 0 Å². The average Bonchev–Trinajstić information content (AvgIpc) is 2.03. The molecular weight excluding hydrogens is 181 g/mol. The van der Waals surface area contributed by atoms with Crippen molar-refractivity contribution in [2.45, 2.75) is 53.1 Å². The van der Waals surface area contributed by atoms with Gasteiger partial charge in [-0.3, -0.25) is 4.25 Å². The molecule has 0 spiro atoms. The van der Waals surface area contributed by atoms with Gasteiger partial charge in [-0.25, -0.2) is 0 Å². The second-order valence-electron chi connectivity index (χ2n) is 4.27. The van der Waals surface area contributed by atoms with E-state index in [2.05, 4.69) is 41.7 Å². The molecule has 0 aromatic carbocycles. The van der Waals surface area contributed by atoms with Gasteiger partial charge in [0.1, 0.15) is 0 Å². The minimum absolute atomic E-state index is 0.581. The van der Waals surface area contributed by atoms with Crippen molar-refractivity contribution in [3.8, 4) is 0 Å². The molecule has 0 aromatic rings. The lowest BCUT2D eigenvalue weighted by molar-refractivity contribution is -0.832. The molecule has 0 N–H and O–H groups in total. The highest BCUT2D eigenvalue weighted by molar-refractivity contribution is 7.25. The van der Waals surface area contributed by atoms with Crippen molar-refractivity contribution < 1.29 is 8.78 Å². The van der Waals surface area contributed by atoms with E-state index in [-0.39, 0.29) is 0 Å². The summed E-state index contributed by atoms with van der Waals surface area (Å²) in [6.45, 7) is 12.1. The average molecular weight is 206 g/mol. The van der Waals surface area contributed by atoms with E-state index in [1.54, 1.807) is 0 Å². The number of quaternary nitrogens is 1. The first kappa shape index (κ1) is 13.4. The maximum atomic E-state index is 5.67. The molecule has 0 fully saturated rings. The molecule has 0 rings (SSSR count). The lowest BCUT2D eigenvalue weighted by atomic mass is 10.2. The van der Waals surface area contributed by atoms with Gasteiger partial charge in [-0.05, 0) is 34.1 Å². The fourth-order valence-electron chi connectivity index (χ4n) is 1.09. The van der Waals surface area contributed by atoms with Crippen LogP contribution in [0.4, 0.5) is 0 Å². The molecular formula is C10H25NOP+. The predicted octanol–water partition coefficient (Wildman–Crippen LogP) is 3.18. The third-order valence-corrected chi connectivity index (χ3v) is 4.47. The Hall–Kier alpha value is 0.350. The van der Waals surface area contributed by atoms with Crippen LogP contribution >= 0.6 is 8.96 Å². The summed E-state index contributed by atoms with van der Waals surface area (Å²) in [6, 6.07) is 1.27. The normalized spacial score (nSPS) is 13.8. The van der Waals surface area contributed by atoms with Crippen LogP contribution in [-0.2, 0) is 4.52 Å². The smallest absolute Gasteiger partial charge is 0.238 e. The molecule has 0 radical (unpaired) electrons. The lowest BCUT2D eigenvalue weighted by Crippen LogP contribution is -2.47. The quantitative estimate of drug-likeness (QED) is 0.479. The van der Waals surface area contributed by atoms with Gasteiger partial charge in [0.25, 0.3) is 0 Å². The van der Waals surface area contributed by atoms with Crippen LogP contribution in [0.5, 0.6) is 0 Å². The Morgan fingerprint density at radius 3 is 1.92 bits per heavy atom. The van der Waals surface area contributed by atoms with Crippen molar-refractivity contribution in [2.24, 2.45) is 0 Å². The summed E-state index contributed by atoms with van der Waals surface area (Å²) in [5.74, 6) is 0. The van der Waals surface area contributed by atoms with Gasteiger partial charge in [0.15, 0.2) is 0 Å². The Morgan fingerprint density at radius 2 is 1.62 bits per heavy atom. The van der Waals surface area contributed by atoms with E-state index in [1.807, 2.05) is 0 Å². The van der Waals surface area contributed by atoms with E-state index < -0.39 is 0 Å². The maximum absolute atomic E-state index is 5.67. The Balaban J connectivity index is 4.09. The van der Waals surface area contributed by atoms with Crippen molar-refractivity contribution in [3.63, 3.8) is 0 Å². The standard InChI is InChI=1S/C10H25NOP/c1-7-8-12-13-11(6,9(2)3)10(4)5/h9-10,13H,7-8H2,1-6H3/q+1. The highest BCUT2D eigenvalue weighted by atomic mass is 31.1. The van der Waals surface area contributed by atoms with E-state index >= 15 is 0 Å². The molecule has 2 nitrogen and oxygen atoms in total. The first-order valence-electron chi connectivity index (χ1n) is 5.20. The van der Waals surface area contributed by atoms with Gasteiger partial charge in [0.2, 0.25) is 8.96 Å².